The summed E-state index contributed by atoms with van der Waals surface area (Å²) >= 11 is 0. The van der Waals surface area contributed by atoms with E-state index in [1.807, 2.05) is 0 Å². The van der Waals surface area contributed by atoms with Gasteiger partial charge in [0.1, 0.15) is 5.69 Å². The van der Waals surface area contributed by atoms with E-state index in [1.54, 1.807) is 6.20 Å². The first-order valence-electron chi connectivity index (χ1n) is 6.92. The predicted molar refractivity (Wildman–Crippen MR) is 70.0 cm³/mol. The highest BCUT2D eigenvalue weighted by molar-refractivity contribution is 5.86. The van der Waals surface area contributed by atoms with Crippen LogP contribution in [0.2, 0.25) is 0 Å². The molecular weight excluding hydrogens is 244 g/mol. The van der Waals surface area contributed by atoms with Crippen molar-refractivity contribution in [1.82, 2.24) is 20.0 Å². The largest absolute Gasteiger partial charge is 0.477 e. The summed E-state index contributed by atoms with van der Waals surface area (Å²) in [7, 11) is 0. The molecule has 3 rings (SSSR count). The average molecular weight is 264 g/mol. The molecule has 0 spiro atoms. The van der Waals surface area contributed by atoms with E-state index >= 15 is 0 Å². The fourth-order valence-electron chi connectivity index (χ4n) is 2.65. The van der Waals surface area contributed by atoms with Crippen LogP contribution in [0.1, 0.15) is 28.9 Å². The molecule has 2 N–H and O–H groups in total. The fraction of sp³-hybridized carbons (Fsp3) is 0.692. The van der Waals surface area contributed by atoms with Crippen LogP contribution < -0.4 is 0 Å². The lowest BCUT2D eigenvalue weighted by molar-refractivity contribution is 0.0686. The second kappa shape index (κ2) is 5.30. The van der Waals surface area contributed by atoms with E-state index in [9.17, 15) is 4.79 Å². The Balaban J connectivity index is 1.51. The van der Waals surface area contributed by atoms with Crippen molar-refractivity contribution in [2.45, 2.75) is 19.4 Å². The van der Waals surface area contributed by atoms with Crippen LogP contribution in [0.4, 0.5) is 0 Å². The number of hydrogen-bond acceptors (Lipinski definition) is 4. The van der Waals surface area contributed by atoms with E-state index in [1.165, 1.54) is 19.4 Å². The van der Waals surface area contributed by atoms with Gasteiger partial charge >= 0.3 is 5.97 Å². The minimum Gasteiger partial charge on any atom is -0.477 e. The molecule has 2 fully saturated rings. The topological polar surface area (TPSA) is 72.5 Å². The standard InChI is InChI=1S/C13H20N4O2/c18-13(19)12-11(7-14-15-12)9-17-5-3-16(4-6-17)8-10-1-2-10/h7,10H,1-6,8-9H2,(H,14,15)(H,18,19). The van der Waals surface area contributed by atoms with Crippen molar-refractivity contribution in [2.75, 3.05) is 32.7 Å². The first-order valence-corrected chi connectivity index (χ1v) is 6.92. The Hall–Kier alpha value is -1.40. The normalized spacial score (nSPS) is 21.7. The minimum atomic E-state index is -0.931. The molecule has 6 nitrogen and oxygen atoms in total. The molecule has 0 unspecified atom stereocenters. The van der Waals surface area contributed by atoms with Crippen molar-refractivity contribution in [2.24, 2.45) is 5.92 Å². The Labute approximate surface area is 112 Å². The summed E-state index contributed by atoms with van der Waals surface area (Å²) in [6.07, 6.45) is 4.43. The molecule has 104 valence electrons. The SMILES string of the molecule is O=C(O)c1[nH]ncc1CN1CCN(CC2CC2)CC1. The minimum absolute atomic E-state index is 0.223. The van der Waals surface area contributed by atoms with Gasteiger partial charge in [0.25, 0.3) is 0 Å². The van der Waals surface area contributed by atoms with Gasteiger partial charge in [-0.25, -0.2) is 4.79 Å². The molecule has 19 heavy (non-hydrogen) atoms. The van der Waals surface area contributed by atoms with Crippen LogP contribution >= 0.6 is 0 Å². The summed E-state index contributed by atoms with van der Waals surface area (Å²) in [6, 6.07) is 0. The highest BCUT2D eigenvalue weighted by Crippen LogP contribution is 2.30. The van der Waals surface area contributed by atoms with Gasteiger partial charge in [-0.3, -0.25) is 10.00 Å². The van der Waals surface area contributed by atoms with Gasteiger partial charge in [-0.2, -0.15) is 5.10 Å². The number of hydrogen-bond donors (Lipinski definition) is 2. The van der Waals surface area contributed by atoms with Gasteiger partial charge in [0.15, 0.2) is 0 Å². The number of carbonyl (C=O) groups is 1. The Morgan fingerprint density at radius 2 is 2.00 bits per heavy atom. The van der Waals surface area contributed by atoms with Crippen molar-refractivity contribution in [3.05, 3.63) is 17.5 Å². The molecule has 1 aromatic heterocycles. The van der Waals surface area contributed by atoms with Gasteiger partial charge in [0, 0.05) is 44.8 Å². The third-order valence-corrected chi connectivity index (χ3v) is 4.00. The van der Waals surface area contributed by atoms with Crippen LogP contribution in [-0.4, -0.2) is 63.8 Å². The highest BCUT2D eigenvalue weighted by atomic mass is 16.4. The number of nitrogens with zero attached hydrogens (tertiary/aromatic N) is 3. The molecule has 0 atom stereocenters. The Morgan fingerprint density at radius 1 is 1.32 bits per heavy atom. The number of aromatic amines is 1. The molecule has 0 radical (unpaired) electrons. The number of H-pyrrole nitrogens is 1. The maximum atomic E-state index is 11.0. The van der Waals surface area contributed by atoms with E-state index in [4.69, 9.17) is 5.11 Å². The molecule has 0 amide bonds. The molecule has 1 saturated heterocycles. The summed E-state index contributed by atoms with van der Waals surface area (Å²) in [4.78, 5) is 15.8. The van der Waals surface area contributed by atoms with E-state index in [0.717, 1.165) is 37.7 Å². The number of nitrogens with one attached hydrogen (secondary N) is 1. The Kier molecular flexibility index (Phi) is 3.52. The van der Waals surface area contributed by atoms with Crippen molar-refractivity contribution in [1.29, 1.82) is 0 Å². The second-order valence-electron chi connectivity index (χ2n) is 5.60. The Bertz CT molecular complexity index is 447. The number of aromatic carboxylic acids is 1. The summed E-state index contributed by atoms with van der Waals surface area (Å²) in [6.45, 7) is 6.14. The molecule has 1 aliphatic carbocycles. The fourth-order valence-corrected chi connectivity index (χ4v) is 2.65. The smallest absolute Gasteiger partial charge is 0.354 e. The van der Waals surface area contributed by atoms with Crippen molar-refractivity contribution in [3.63, 3.8) is 0 Å². The van der Waals surface area contributed by atoms with E-state index in [2.05, 4.69) is 20.0 Å². The molecule has 0 bridgehead atoms. The van der Waals surface area contributed by atoms with E-state index < -0.39 is 5.97 Å². The third-order valence-electron chi connectivity index (χ3n) is 4.00. The van der Waals surface area contributed by atoms with Crippen LogP contribution in [0.25, 0.3) is 0 Å². The van der Waals surface area contributed by atoms with E-state index in [0.29, 0.717) is 6.54 Å². The van der Waals surface area contributed by atoms with Gasteiger partial charge < -0.3 is 10.0 Å². The van der Waals surface area contributed by atoms with Gasteiger partial charge in [0.05, 0.1) is 6.20 Å². The van der Waals surface area contributed by atoms with Crippen molar-refractivity contribution in [3.8, 4) is 0 Å². The maximum Gasteiger partial charge on any atom is 0.354 e. The lowest BCUT2D eigenvalue weighted by Crippen LogP contribution is -2.46. The molecule has 1 aliphatic heterocycles. The summed E-state index contributed by atoms with van der Waals surface area (Å²) in [5.41, 5.74) is 1.00. The highest BCUT2D eigenvalue weighted by Gasteiger charge is 2.26. The second-order valence-corrected chi connectivity index (χ2v) is 5.60. The van der Waals surface area contributed by atoms with Crippen molar-refractivity contribution < 1.29 is 9.90 Å². The predicted octanol–water partition coefficient (Wildman–Crippen LogP) is 0.635. The molecule has 2 heterocycles. The zero-order valence-electron chi connectivity index (χ0n) is 11.0. The number of rotatable bonds is 5. The van der Waals surface area contributed by atoms with Gasteiger partial charge in [-0.15, -0.1) is 0 Å². The van der Waals surface area contributed by atoms with Crippen LogP contribution in [0, 0.1) is 5.92 Å². The quantitative estimate of drug-likeness (QED) is 0.816. The average Bonchev–Trinajstić information content (AvgIpc) is 3.08. The van der Waals surface area contributed by atoms with Gasteiger partial charge in [-0.05, 0) is 18.8 Å². The number of aromatic nitrogens is 2. The number of carboxylic acid groups (broad SMARTS) is 1. The lowest BCUT2D eigenvalue weighted by atomic mass is 10.2. The first-order chi connectivity index (χ1) is 9.22. The molecule has 1 aromatic rings. The zero-order chi connectivity index (χ0) is 13.2. The maximum absolute atomic E-state index is 11.0. The molecule has 0 aromatic carbocycles. The first kappa shape index (κ1) is 12.6. The van der Waals surface area contributed by atoms with E-state index in [-0.39, 0.29) is 5.69 Å². The summed E-state index contributed by atoms with van der Waals surface area (Å²) in [5, 5.41) is 15.4. The lowest BCUT2D eigenvalue weighted by Gasteiger charge is -2.34. The van der Waals surface area contributed by atoms with Crippen molar-refractivity contribution >= 4 is 5.97 Å². The van der Waals surface area contributed by atoms with Crippen LogP contribution in [-0.2, 0) is 6.54 Å². The summed E-state index contributed by atoms with van der Waals surface area (Å²) < 4.78 is 0. The van der Waals surface area contributed by atoms with Gasteiger partial charge in [-0.1, -0.05) is 0 Å². The monoisotopic (exact) mass is 264 g/mol. The summed E-state index contributed by atoms with van der Waals surface area (Å²) in [5.74, 6) is 0.0129. The molecule has 2 aliphatic rings. The zero-order valence-corrected chi connectivity index (χ0v) is 11.0. The van der Waals surface area contributed by atoms with Crippen LogP contribution in [0.3, 0.4) is 0 Å². The molecule has 6 heteroatoms. The molecular formula is C13H20N4O2. The third kappa shape index (κ3) is 3.13. The Morgan fingerprint density at radius 3 is 2.63 bits per heavy atom. The molecule has 1 saturated carbocycles. The van der Waals surface area contributed by atoms with Crippen LogP contribution in [0.5, 0.6) is 0 Å². The van der Waals surface area contributed by atoms with Gasteiger partial charge in [0.2, 0.25) is 0 Å². The number of piperazine rings is 1. The van der Waals surface area contributed by atoms with Crippen LogP contribution in [0.15, 0.2) is 6.20 Å². The number of carboxylic acids is 1.